The fourth-order valence-electron chi connectivity index (χ4n) is 5.11. The molecule has 0 unspecified atom stereocenters. The largest absolute Gasteiger partial charge is 1.00 e. The highest BCUT2D eigenvalue weighted by molar-refractivity contribution is 5.90. The minimum absolute atomic E-state index is 0. The second-order valence-electron chi connectivity index (χ2n) is 12.1. The van der Waals surface area contributed by atoms with Gasteiger partial charge in [-0.2, -0.15) is 4.57 Å². The van der Waals surface area contributed by atoms with Crippen LogP contribution in [0.3, 0.4) is 0 Å². The Morgan fingerprint density at radius 1 is 0.800 bits per heavy atom. The van der Waals surface area contributed by atoms with Crippen LogP contribution in [0.1, 0.15) is 146 Å². The van der Waals surface area contributed by atoms with Gasteiger partial charge in [0.05, 0.1) is 6.61 Å². The van der Waals surface area contributed by atoms with E-state index >= 15 is 0 Å². The summed E-state index contributed by atoms with van der Waals surface area (Å²) in [7, 11) is 0. The van der Waals surface area contributed by atoms with E-state index in [0.717, 1.165) is 30.9 Å². The predicted molar refractivity (Wildman–Crippen MR) is 164 cm³/mol. The molecule has 1 amide bonds. The SMILES string of the molecule is CCCCCCCCCCCCCCCCOc1ccc(CNC(=O)c2cccc[n+]2CC)cc1C(C)(C)C.[I-]. The molecule has 1 N–H and O–H groups in total. The van der Waals surface area contributed by atoms with E-state index in [2.05, 4.69) is 51.2 Å². The number of rotatable bonds is 20. The van der Waals surface area contributed by atoms with Gasteiger partial charge in [-0.05, 0) is 48.1 Å². The van der Waals surface area contributed by atoms with E-state index in [4.69, 9.17) is 4.74 Å². The van der Waals surface area contributed by atoms with E-state index < -0.39 is 0 Å². The zero-order chi connectivity index (χ0) is 28.3. The first-order chi connectivity index (χ1) is 18.9. The third-order valence-corrected chi connectivity index (χ3v) is 7.57. The standard InChI is InChI=1S/C35H56N2O2.HI/c1-6-8-9-10-11-12-13-14-15-16-17-18-19-22-27-39-33-25-24-30(28-31(33)35(3,4)5)29-36-34(38)32-23-20-21-26-37(32)7-2;/h20-21,23-26,28H,6-19,22,27,29H2,1-5H3;1H. The van der Waals surface area contributed by atoms with Gasteiger partial charge in [-0.15, -0.1) is 0 Å². The summed E-state index contributed by atoms with van der Waals surface area (Å²) >= 11 is 0. The fraction of sp³-hybridized carbons (Fsp3) is 0.657. The summed E-state index contributed by atoms with van der Waals surface area (Å²) in [6, 6.07) is 12.1. The van der Waals surface area contributed by atoms with E-state index in [0.29, 0.717) is 12.2 Å². The molecule has 226 valence electrons. The lowest BCUT2D eigenvalue weighted by molar-refractivity contribution is -0.695. The van der Waals surface area contributed by atoms with Crippen molar-refractivity contribution >= 4 is 5.91 Å². The summed E-state index contributed by atoms with van der Waals surface area (Å²) < 4.78 is 8.22. The van der Waals surface area contributed by atoms with Crippen LogP contribution in [0.4, 0.5) is 0 Å². The Kier molecular flexibility index (Phi) is 19.2. The lowest BCUT2D eigenvalue weighted by Gasteiger charge is -2.24. The van der Waals surface area contributed by atoms with Gasteiger partial charge in [0.15, 0.2) is 6.20 Å². The average molecular weight is 665 g/mol. The van der Waals surface area contributed by atoms with Crippen molar-refractivity contribution in [2.75, 3.05) is 6.61 Å². The highest BCUT2D eigenvalue weighted by Gasteiger charge is 2.21. The van der Waals surface area contributed by atoms with Crippen molar-refractivity contribution in [1.82, 2.24) is 5.32 Å². The molecular formula is C35H57IN2O2. The van der Waals surface area contributed by atoms with Crippen molar-refractivity contribution in [2.24, 2.45) is 0 Å². The maximum atomic E-state index is 12.8. The van der Waals surface area contributed by atoms with E-state index in [-0.39, 0.29) is 35.3 Å². The van der Waals surface area contributed by atoms with E-state index in [9.17, 15) is 4.79 Å². The molecule has 0 spiro atoms. The first kappa shape index (κ1) is 36.4. The van der Waals surface area contributed by atoms with E-state index in [1.165, 1.54) is 89.0 Å². The molecule has 40 heavy (non-hydrogen) atoms. The number of hydrogen-bond donors (Lipinski definition) is 1. The van der Waals surface area contributed by atoms with Crippen molar-refractivity contribution < 1.29 is 38.1 Å². The quantitative estimate of drug-likeness (QED) is 0.106. The third kappa shape index (κ3) is 14.3. The molecule has 0 saturated carbocycles. The fourth-order valence-corrected chi connectivity index (χ4v) is 5.11. The van der Waals surface area contributed by atoms with Crippen molar-refractivity contribution in [2.45, 2.75) is 143 Å². The van der Waals surface area contributed by atoms with Crippen molar-refractivity contribution in [3.63, 3.8) is 0 Å². The molecule has 0 radical (unpaired) electrons. The first-order valence-corrected chi connectivity index (χ1v) is 15.9. The Hall–Kier alpha value is -1.63. The lowest BCUT2D eigenvalue weighted by atomic mass is 9.85. The summed E-state index contributed by atoms with van der Waals surface area (Å²) in [4.78, 5) is 12.8. The highest BCUT2D eigenvalue weighted by Crippen LogP contribution is 2.32. The molecule has 5 heteroatoms. The zero-order valence-electron chi connectivity index (χ0n) is 26.2. The topological polar surface area (TPSA) is 42.2 Å². The minimum Gasteiger partial charge on any atom is -1.00 e. The molecule has 0 aliphatic rings. The summed E-state index contributed by atoms with van der Waals surface area (Å²) in [5.41, 5.74) is 2.94. The van der Waals surface area contributed by atoms with Crippen LogP contribution in [0.5, 0.6) is 5.75 Å². The smallest absolute Gasteiger partial charge is 0.316 e. The second-order valence-corrected chi connectivity index (χ2v) is 12.1. The van der Waals surface area contributed by atoms with Gasteiger partial charge in [0.1, 0.15) is 12.3 Å². The number of hydrogen-bond acceptors (Lipinski definition) is 2. The summed E-state index contributed by atoms with van der Waals surface area (Å²) in [5.74, 6) is 0.923. The molecule has 0 fully saturated rings. The molecule has 1 aromatic carbocycles. The Morgan fingerprint density at radius 3 is 1.93 bits per heavy atom. The van der Waals surface area contributed by atoms with Crippen LogP contribution in [-0.2, 0) is 18.5 Å². The van der Waals surface area contributed by atoms with Gasteiger partial charge < -0.3 is 34.0 Å². The summed E-state index contributed by atoms with van der Waals surface area (Å²) in [6.45, 7) is 13.0. The number of carbonyl (C=O) groups excluding carboxylic acids is 1. The molecule has 0 aliphatic heterocycles. The number of ether oxygens (including phenoxy) is 1. The van der Waals surface area contributed by atoms with Gasteiger partial charge in [-0.3, -0.25) is 4.79 Å². The highest BCUT2D eigenvalue weighted by atomic mass is 127. The van der Waals surface area contributed by atoms with Gasteiger partial charge in [0.2, 0.25) is 0 Å². The second kappa shape index (κ2) is 21.1. The average Bonchev–Trinajstić information content (AvgIpc) is 2.93. The molecular weight excluding hydrogens is 607 g/mol. The molecule has 1 aromatic heterocycles. The van der Waals surface area contributed by atoms with Crippen LogP contribution in [0, 0.1) is 0 Å². The number of nitrogens with zero attached hydrogens (tertiary/aromatic N) is 1. The van der Waals surface area contributed by atoms with Crippen LogP contribution in [0.2, 0.25) is 0 Å². The Balaban J connectivity index is 0.00000800. The molecule has 0 atom stereocenters. The first-order valence-electron chi connectivity index (χ1n) is 15.9. The number of amides is 1. The number of nitrogens with one attached hydrogen (secondary N) is 1. The number of pyridine rings is 1. The number of carbonyl (C=O) groups is 1. The number of halogens is 1. The number of aryl methyl sites for hydroxylation is 1. The number of benzene rings is 1. The van der Waals surface area contributed by atoms with Crippen molar-refractivity contribution in [3.8, 4) is 5.75 Å². The molecule has 2 rings (SSSR count). The number of unbranched alkanes of at least 4 members (excludes halogenated alkanes) is 13. The maximum absolute atomic E-state index is 12.8. The molecule has 0 bridgehead atoms. The van der Waals surface area contributed by atoms with Crippen LogP contribution < -0.4 is 38.6 Å². The Bertz CT molecular complexity index is 955. The predicted octanol–water partition coefficient (Wildman–Crippen LogP) is 6.09. The monoisotopic (exact) mass is 664 g/mol. The van der Waals surface area contributed by atoms with Gasteiger partial charge in [0.25, 0.3) is 5.69 Å². The molecule has 1 heterocycles. The van der Waals surface area contributed by atoms with Crippen molar-refractivity contribution in [1.29, 1.82) is 0 Å². The minimum atomic E-state index is -0.0483. The molecule has 2 aromatic rings. The van der Waals surface area contributed by atoms with E-state index in [1.807, 2.05) is 35.9 Å². The van der Waals surface area contributed by atoms with Gasteiger partial charge in [0, 0.05) is 18.7 Å². The summed E-state index contributed by atoms with van der Waals surface area (Å²) in [6.07, 6.45) is 21.0. The lowest BCUT2D eigenvalue weighted by Crippen LogP contribution is -3.00. The molecule has 0 aliphatic carbocycles. The van der Waals surface area contributed by atoms with Crippen molar-refractivity contribution in [3.05, 3.63) is 59.4 Å². The Labute approximate surface area is 263 Å². The van der Waals surface area contributed by atoms with Gasteiger partial charge in [-0.1, -0.05) is 117 Å². The number of aromatic nitrogens is 1. The third-order valence-electron chi connectivity index (χ3n) is 7.57. The Morgan fingerprint density at radius 2 is 1.38 bits per heavy atom. The van der Waals surface area contributed by atoms with Crippen LogP contribution in [-0.4, -0.2) is 12.5 Å². The summed E-state index contributed by atoms with van der Waals surface area (Å²) in [5, 5.41) is 3.09. The zero-order valence-corrected chi connectivity index (χ0v) is 28.4. The molecule has 0 saturated heterocycles. The van der Waals surface area contributed by atoms with Crippen LogP contribution in [0.25, 0.3) is 0 Å². The maximum Gasteiger partial charge on any atom is 0.316 e. The van der Waals surface area contributed by atoms with Gasteiger partial charge in [-0.25, -0.2) is 0 Å². The van der Waals surface area contributed by atoms with Crippen LogP contribution >= 0.6 is 0 Å². The normalized spacial score (nSPS) is 11.2. The van der Waals surface area contributed by atoms with Gasteiger partial charge >= 0.3 is 5.91 Å². The molecule has 4 nitrogen and oxygen atoms in total. The van der Waals surface area contributed by atoms with Crippen LogP contribution in [0.15, 0.2) is 42.6 Å². The van der Waals surface area contributed by atoms with E-state index in [1.54, 1.807) is 0 Å².